The molecule has 1 aromatic rings. The van der Waals surface area contributed by atoms with Crippen molar-refractivity contribution in [1.29, 1.82) is 0 Å². The van der Waals surface area contributed by atoms with Crippen molar-refractivity contribution in [3.05, 3.63) is 41.4 Å². The van der Waals surface area contributed by atoms with E-state index in [1.54, 1.807) is 24.3 Å². The van der Waals surface area contributed by atoms with Crippen molar-refractivity contribution >= 4 is 23.5 Å². The van der Waals surface area contributed by atoms with Gasteiger partial charge in [-0.1, -0.05) is 37.6 Å². The summed E-state index contributed by atoms with van der Waals surface area (Å²) in [5, 5.41) is 0.329. The predicted molar refractivity (Wildman–Crippen MR) is 81.3 cm³/mol. The van der Waals surface area contributed by atoms with E-state index < -0.39 is 11.9 Å². The Bertz CT molecular complexity index is 509. The van der Waals surface area contributed by atoms with Gasteiger partial charge in [-0.15, -0.1) is 0 Å². The van der Waals surface area contributed by atoms with Crippen LogP contribution in [0.5, 0.6) is 5.75 Å². The molecule has 0 amide bonds. The molecule has 0 N–H and O–H groups in total. The van der Waals surface area contributed by atoms with Gasteiger partial charge in [0.25, 0.3) is 0 Å². The van der Waals surface area contributed by atoms with Gasteiger partial charge < -0.3 is 9.47 Å². The van der Waals surface area contributed by atoms with Gasteiger partial charge in [0.05, 0.1) is 11.6 Å². The van der Waals surface area contributed by atoms with Gasteiger partial charge in [-0.05, 0) is 30.9 Å². The quantitative estimate of drug-likeness (QED) is 0.333. The first-order valence-electron chi connectivity index (χ1n) is 6.80. The molecule has 0 radical (unpaired) electrons. The number of carbonyl (C=O) groups is 2. The lowest BCUT2D eigenvalue weighted by Gasteiger charge is -2.04. The fraction of sp³-hybridized carbons (Fsp3) is 0.375. The number of benzene rings is 1. The van der Waals surface area contributed by atoms with Crippen LogP contribution in [0.2, 0.25) is 5.02 Å². The molecule has 0 aliphatic rings. The minimum absolute atomic E-state index is 0.249. The minimum Gasteiger partial charge on any atom is -0.463 e. The Labute approximate surface area is 129 Å². The lowest BCUT2D eigenvalue weighted by atomic mass is 10.1. The van der Waals surface area contributed by atoms with Crippen LogP contribution in [0.1, 0.15) is 26.7 Å². The van der Waals surface area contributed by atoms with Crippen LogP contribution in [0.4, 0.5) is 0 Å². The normalized spacial score (nSPS) is 10.9. The van der Waals surface area contributed by atoms with E-state index in [9.17, 15) is 9.59 Å². The minimum atomic E-state index is -0.678. The molecule has 0 saturated carbocycles. The van der Waals surface area contributed by atoms with E-state index in [4.69, 9.17) is 21.1 Å². The molecular formula is C16H19ClO4. The summed E-state index contributed by atoms with van der Waals surface area (Å²) in [6, 6.07) is 6.60. The van der Waals surface area contributed by atoms with Gasteiger partial charge >= 0.3 is 11.9 Å². The first-order chi connectivity index (χ1) is 9.99. The van der Waals surface area contributed by atoms with Crippen molar-refractivity contribution in [3.8, 4) is 5.75 Å². The van der Waals surface area contributed by atoms with E-state index in [2.05, 4.69) is 13.8 Å². The molecule has 4 nitrogen and oxygen atoms in total. The Morgan fingerprint density at radius 2 is 1.86 bits per heavy atom. The zero-order chi connectivity index (χ0) is 15.7. The molecule has 114 valence electrons. The summed E-state index contributed by atoms with van der Waals surface area (Å²) in [4.78, 5) is 22.9. The molecule has 0 aliphatic heterocycles. The van der Waals surface area contributed by atoms with E-state index in [1.165, 1.54) is 0 Å². The van der Waals surface area contributed by atoms with Crippen molar-refractivity contribution in [3.63, 3.8) is 0 Å². The van der Waals surface area contributed by atoms with E-state index in [0.717, 1.165) is 25.0 Å². The highest BCUT2D eigenvalue weighted by atomic mass is 35.5. The van der Waals surface area contributed by atoms with Crippen LogP contribution in [-0.4, -0.2) is 18.5 Å². The Kier molecular flexibility index (Phi) is 7.54. The van der Waals surface area contributed by atoms with Crippen molar-refractivity contribution in [2.24, 2.45) is 5.92 Å². The summed E-state index contributed by atoms with van der Waals surface area (Å²) in [5.74, 6) is -0.416. The lowest BCUT2D eigenvalue weighted by molar-refractivity contribution is -0.138. The summed E-state index contributed by atoms with van der Waals surface area (Å²) in [5.41, 5.74) is 0. The molecule has 0 saturated heterocycles. The van der Waals surface area contributed by atoms with Crippen LogP contribution in [0, 0.1) is 5.92 Å². The molecule has 1 aromatic carbocycles. The summed E-state index contributed by atoms with van der Waals surface area (Å²) in [7, 11) is 0. The third-order valence-corrected chi connectivity index (χ3v) is 2.89. The molecule has 0 fully saturated rings. The molecular weight excluding hydrogens is 292 g/mol. The van der Waals surface area contributed by atoms with Gasteiger partial charge in [0.1, 0.15) is 5.75 Å². The zero-order valence-electron chi connectivity index (χ0n) is 12.2. The van der Waals surface area contributed by atoms with Crippen LogP contribution in [-0.2, 0) is 14.3 Å². The number of rotatable bonds is 7. The molecule has 0 bridgehead atoms. The molecule has 0 aromatic heterocycles. The van der Waals surface area contributed by atoms with Gasteiger partial charge in [-0.2, -0.15) is 0 Å². The van der Waals surface area contributed by atoms with Crippen LogP contribution in [0.3, 0.4) is 0 Å². The highest BCUT2D eigenvalue weighted by molar-refractivity contribution is 6.32. The van der Waals surface area contributed by atoms with Crippen molar-refractivity contribution < 1.29 is 19.1 Å². The molecule has 0 spiro atoms. The maximum Gasteiger partial charge on any atom is 0.336 e. The van der Waals surface area contributed by atoms with E-state index >= 15 is 0 Å². The largest absolute Gasteiger partial charge is 0.463 e. The summed E-state index contributed by atoms with van der Waals surface area (Å²) >= 11 is 5.85. The SMILES string of the molecule is CC(C)CCCOC(=O)/C=C/C(=O)Oc1ccccc1Cl. The predicted octanol–water partition coefficient (Wildman–Crippen LogP) is 3.78. The smallest absolute Gasteiger partial charge is 0.336 e. The van der Waals surface area contributed by atoms with E-state index in [1.807, 2.05) is 0 Å². The molecule has 1 rings (SSSR count). The van der Waals surface area contributed by atoms with E-state index in [0.29, 0.717) is 17.5 Å². The third-order valence-electron chi connectivity index (χ3n) is 2.57. The lowest BCUT2D eigenvalue weighted by Crippen LogP contribution is -2.07. The number of hydrogen-bond donors (Lipinski definition) is 0. The van der Waals surface area contributed by atoms with Crippen LogP contribution < -0.4 is 4.74 Å². The first kappa shape index (κ1) is 17.2. The van der Waals surface area contributed by atoms with Gasteiger partial charge in [-0.3, -0.25) is 0 Å². The topological polar surface area (TPSA) is 52.6 Å². The highest BCUT2D eigenvalue weighted by Gasteiger charge is 2.05. The third kappa shape index (κ3) is 7.51. The fourth-order valence-electron chi connectivity index (χ4n) is 1.52. The number of halogens is 1. The molecule has 0 atom stereocenters. The number of esters is 2. The van der Waals surface area contributed by atoms with Crippen LogP contribution in [0.25, 0.3) is 0 Å². The van der Waals surface area contributed by atoms with Gasteiger partial charge in [0, 0.05) is 12.2 Å². The van der Waals surface area contributed by atoms with Crippen molar-refractivity contribution in [1.82, 2.24) is 0 Å². The molecule has 0 aliphatic carbocycles. The maximum absolute atomic E-state index is 11.5. The molecule has 0 unspecified atom stereocenters. The van der Waals surface area contributed by atoms with Crippen molar-refractivity contribution in [2.45, 2.75) is 26.7 Å². The van der Waals surface area contributed by atoms with Gasteiger partial charge in [0.15, 0.2) is 0 Å². The number of para-hydroxylation sites is 1. The number of ether oxygens (including phenoxy) is 2. The van der Waals surface area contributed by atoms with Crippen LogP contribution >= 0.6 is 11.6 Å². The standard InChI is InChI=1S/C16H19ClO4/c1-12(2)6-5-11-20-15(18)9-10-16(19)21-14-8-4-3-7-13(14)17/h3-4,7-10,12H,5-6,11H2,1-2H3/b10-9+. The highest BCUT2D eigenvalue weighted by Crippen LogP contribution is 2.23. The first-order valence-corrected chi connectivity index (χ1v) is 7.18. The van der Waals surface area contributed by atoms with Crippen molar-refractivity contribution in [2.75, 3.05) is 6.61 Å². The second-order valence-corrected chi connectivity index (χ2v) is 5.30. The average molecular weight is 311 g/mol. The monoisotopic (exact) mass is 310 g/mol. The fourth-order valence-corrected chi connectivity index (χ4v) is 1.69. The van der Waals surface area contributed by atoms with E-state index in [-0.39, 0.29) is 5.75 Å². The molecule has 21 heavy (non-hydrogen) atoms. The second kappa shape index (κ2) is 9.19. The van der Waals surface area contributed by atoms with Crippen LogP contribution in [0.15, 0.2) is 36.4 Å². The zero-order valence-corrected chi connectivity index (χ0v) is 12.9. The average Bonchev–Trinajstić information content (AvgIpc) is 2.44. The summed E-state index contributed by atoms with van der Waals surface area (Å²) in [6.45, 7) is 4.56. The summed E-state index contributed by atoms with van der Waals surface area (Å²) < 4.78 is 9.94. The Morgan fingerprint density at radius 1 is 1.19 bits per heavy atom. The number of carbonyl (C=O) groups excluding carboxylic acids is 2. The van der Waals surface area contributed by atoms with Gasteiger partial charge in [-0.25, -0.2) is 9.59 Å². The molecule has 5 heteroatoms. The maximum atomic E-state index is 11.5. The Balaban J connectivity index is 2.33. The second-order valence-electron chi connectivity index (χ2n) is 4.89. The Morgan fingerprint density at radius 3 is 2.52 bits per heavy atom. The van der Waals surface area contributed by atoms with Gasteiger partial charge in [0.2, 0.25) is 0 Å². The molecule has 0 heterocycles. The number of hydrogen-bond acceptors (Lipinski definition) is 4. The summed E-state index contributed by atoms with van der Waals surface area (Å²) in [6.07, 6.45) is 3.87. The Hall–Kier alpha value is -1.81.